The molecule has 2 heterocycles. The zero-order valence-corrected chi connectivity index (χ0v) is 13.6. The largest absolute Gasteiger partial charge is 0.346 e. The number of nitrogens with zero attached hydrogens (tertiary/aromatic N) is 2. The molecule has 1 aliphatic rings. The molecule has 0 aliphatic carbocycles. The summed E-state index contributed by atoms with van der Waals surface area (Å²) in [7, 11) is 0. The van der Waals surface area contributed by atoms with E-state index >= 15 is 0 Å². The van der Waals surface area contributed by atoms with Crippen LogP contribution in [0.3, 0.4) is 0 Å². The number of hydrogen-bond acceptors (Lipinski definition) is 6. The van der Waals surface area contributed by atoms with E-state index in [0.717, 1.165) is 31.2 Å². The van der Waals surface area contributed by atoms with Crippen LogP contribution in [0.25, 0.3) is 0 Å². The molecule has 1 atom stereocenters. The molecule has 8 heteroatoms. The second kappa shape index (κ2) is 8.21. The molecule has 0 spiro atoms. The van der Waals surface area contributed by atoms with E-state index in [1.807, 2.05) is 5.38 Å². The van der Waals surface area contributed by atoms with Crippen LogP contribution in [-0.2, 0) is 16.1 Å². The highest BCUT2D eigenvalue weighted by Gasteiger charge is 2.17. The molecule has 7 nitrogen and oxygen atoms in total. The first-order chi connectivity index (χ1) is 10.6. The summed E-state index contributed by atoms with van der Waals surface area (Å²) in [5.74, 6) is 0.0845. The van der Waals surface area contributed by atoms with Gasteiger partial charge in [0, 0.05) is 18.5 Å². The third-order valence-corrected chi connectivity index (χ3v) is 4.36. The first-order valence-electron chi connectivity index (χ1n) is 7.50. The van der Waals surface area contributed by atoms with Gasteiger partial charge in [0.15, 0.2) is 5.13 Å². The Hall–Kier alpha value is -1.51. The number of carbonyl (C=O) groups excluding carboxylic acids is 2. The van der Waals surface area contributed by atoms with Crippen LogP contribution in [0.5, 0.6) is 0 Å². The lowest BCUT2D eigenvalue weighted by atomic mass is 10.0. The summed E-state index contributed by atoms with van der Waals surface area (Å²) in [4.78, 5) is 29.5. The molecular formula is C14H23N5O2S. The maximum absolute atomic E-state index is 11.7. The molecule has 1 aliphatic heterocycles. The monoisotopic (exact) mass is 325 g/mol. The molecule has 2 amide bonds. The van der Waals surface area contributed by atoms with Gasteiger partial charge in [-0.1, -0.05) is 6.92 Å². The second-order valence-electron chi connectivity index (χ2n) is 5.66. The molecule has 0 aromatic carbocycles. The maximum atomic E-state index is 11.7. The maximum Gasteiger partial charge on any atom is 0.245 e. The number of rotatable bonds is 6. The van der Waals surface area contributed by atoms with Crippen LogP contribution in [-0.4, -0.2) is 47.9 Å². The van der Waals surface area contributed by atoms with Crippen molar-refractivity contribution in [1.82, 2.24) is 15.2 Å². The van der Waals surface area contributed by atoms with Crippen LogP contribution >= 0.6 is 11.3 Å². The van der Waals surface area contributed by atoms with E-state index in [-0.39, 0.29) is 24.9 Å². The molecular weight excluding hydrogens is 302 g/mol. The molecule has 1 aromatic rings. The van der Waals surface area contributed by atoms with E-state index in [1.165, 1.54) is 24.2 Å². The Bertz CT molecular complexity index is 519. The van der Waals surface area contributed by atoms with Crippen molar-refractivity contribution in [2.45, 2.75) is 26.3 Å². The van der Waals surface area contributed by atoms with E-state index in [0.29, 0.717) is 5.13 Å². The van der Waals surface area contributed by atoms with Crippen molar-refractivity contribution in [3.05, 3.63) is 11.1 Å². The summed E-state index contributed by atoms with van der Waals surface area (Å²) in [6.45, 7) is 5.09. The number of piperidine rings is 1. The first kappa shape index (κ1) is 16.9. The lowest BCUT2D eigenvalue weighted by molar-refractivity contribution is -0.123. The predicted octanol–water partition coefficient (Wildman–Crippen LogP) is 0.388. The number of carbonyl (C=O) groups is 2. The van der Waals surface area contributed by atoms with Crippen molar-refractivity contribution in [2.24, 2.45) is 11.7 Å². The number of hydrogen-bond donors (Lipinski definition) is 3. The van der Waals surface area contributed by atoms with Crippen LogP contribution in [0.4, 0.5) is 5.13 Å². The summed E-state index contributed by atoms with van der Waals surface area (Å²) in [5, 5.41) is 7.63. The lowest BCUT2D eigenvalue weighted by Gasteiger charge is -2.30. The molecule has 0 radical (unpaired) electrons. The van der Waals surface area contributed by atoms with Gasteiger partial charge in [0.25, 0.3) is 0 Å². The molecule has 22 heavy (non-hydrogen) atoms. The average Bonchev–Trinajstić information content (AvgIpc) is 2.91. The number of aromatic nitrogens is 1. The molecule has 0 saturated carbocycles. The Labute approximate surface area is 134 Å². The molecule has 2 rings (SSSR count). The van der Waals surface area contributed by atoms with Gasteiger partial charge in [-0.2, -0.15) is 0 Å². The van der Waals surface area contributed by atoms with Gasteiger partial charge < -0.3 is 16.4 Å². The van der Waals surface area contributed by atoms with Crippen molar-refractivity contribution in [3.63, 3.8) is 0 Å². The highest BCUT2D eigenvalue weighted by atomic mass is 32.1. The van der Waals surface area contributed by atoms with Crippen molar-refractivity contribution in [1.29, 1.82) is 0 Å². The zero-order chi connectivity index (χ0) is 15.9. The predicted molar refractivity (Wildman–Crippen MR) is 86.5 cm³/mol. The van der Waals surface area contributed by atoms with Crippen LogP contribution in [0, 0.1) is 5.92 Å². The quantitative estimate of drug-likeness (QED) is 0.702. The summed E-state index contributed by atoms with van der Waals surface area (Å²) in [5.41, 5.74) is 6.13. The SMILES string of the molecule is CC1CCCN(Cc2csc(NC(=O)CNC(=O)CN)n2)C1. The number of thiazole rings is 1. The number of nitrogens with one attached hydrogen (secondary N) is 2. The van der Waals surface area contributed by atoms with Crippen LogP contribution in [0.15, 0.2) is 5.38 Å². The highest BCUT2D eigenvalue weighted by Crippen LogP contribution is 2.20. The van der Waals surface area contributed by atoms with Crippen molar-refractivity contribution >= 4 is 28.3 Å². The number of anilines is 1. The minimum absolute atomic E-state index is 0.0887. The average molecular weight is 325 g/mol. The normalized spacial score (nSPS) is 18.9. The van der Waals surface area contributed by atoms with Crippen LogP contribution in [0.2, 0.25) is 0 Å². The van der Waals surface area contributed by atoms with Crippen LogP contribution < -0.4 is 16.4 Å². The molecule has 1 aromatic heterocycles. The van der Waals surface area contributed by atoms with E-state index in [1.54, 1.807) is 0 Å². The third kappa shape index (κ3) is 5.36. The Kier molecular flexibility index (Phi) is 6.29. The van der Waals surface area contributed by atoms with Gasteiger partial charge in [0.2, 0.25) is 11.8 Å². The molecule has 1 saturated heterocycles. The van der Waals surface area contributed by atoms with Gasteiger partial charge in [-0.15, -0.1) is 11.3 Å². The first-order valence-corrected chi connectivity index (χ1v) is 8.38. The van der Waals surface area contributed by atoms with Gasteiger partial charge in [0.05, 0.1) is 18.8 Å². The zero-order valence-electron chi connectivity index (χ0n) is 12.8. The smallest absolute Gasteiger partial charge is 0.245 e. The van der Waals surface area contributed by atoms with E-state index in [2.05, 4.69) is 27.4 Å². The van der Waals surface area contributed by atoms with Crippen molar-refractivity contribution < 1.29 is 9.59 Å². The van der Waals surface area contributed by atoms with Crippen molar-refractivity contribution in [3.8, 4) is 0 Å². The minimum Gasteiger partial charge on any atom is -0.346 e. The summed E-state index contributed by atoms with van der Waals surface area (Å²) in [6, 6.07) is 0. The third-order valence-electron chi connectivity index (χ3n) is 3.56. The molecule has 0 bridgehead atoms. The van der Waals surface area contributed by atoms with Gasteiger partial charge in [-0.3, -0.25) is 14.5 Å². The second-order valence-corrected chi connectivity index (χ2v) is 6.51. The minimum atomic E-state index is -0.353. The van der Waals surface area contributed by atoms with E-state index in [9.17, 15) is 9.59 Å². The number of amides is 2. The summed E-state index contributed by atoms with van der Waals surface area (Å²) >= 11 is 1.40. The van der Waals surface area contributed by atoms with Gasteiger partial charge in [0.1, 0.15) is 0 Å². The standard InChI is InChI=1S/C14H23N5O2S/c1-10-3-2-4-19(7-10)8-11-9-22-14(17-11)18-13(21)6-16-12(20)5-15/h9-10H,2-8,15H2,1H3,(H,16,20)(H,17,18,21). The Balaban J connectivity index is 1.78. The van der Waals surface area contributed by atoms with E-state index < -0.39 is 0 Å². The number of nitrogens with two attached hydrogens (primary N) is 1. The van der Waals surface area contributed by atoms with Gasteiger partial charge >= 0.3 is 0 Å². The molecule has 122 valence electrons. The summed E-state index contributed by atoms with van der Waals surface area (Å²) < 4.78 is 0. The highest BCUT2D eigenvalue weighted by molar-refractivity contribution is 7.13. The Morgan fingerprint density at radius 2 is 2.32 bits per heavy atom. The van der Waals surface area contributed by atoms with Crippen molar-refractivity contribution in [2.75, 3.05) is 31.5 Å². The van der Waals surface area contributed by atoms with E-state index in [4.69, 9.17) is 5.73 Å². The fourth-order valence-corrected chi connectivity index (χ4v) is 3.23. The Morgan fingerprint density at radius 3 is 3.05 bits per heavy atom. The molecule has 1 unspecified atom stereocenters. The Morgan fingerprint density at radius 1 is 1.50 bits per heavy atom. The van der Waals surface area contributed by atoms with Gasteiger partial charge in [-0.05, 0) is 25.3 Å². The summed E-state index contributed by atoms with van der Waals surface area (Å²) in [6.07, 6.45) is 2.53. The molecule has 4 N–H and O–H groups in total. The topological polar surface area (TPSA) is 100 Å². The lowest BCUT2D eigenvalue weighted by Crippen LogP contribution is -2.36. The fourth-order valence-electron chi connectivity index (χ4n) is 2.51. The fraction of sp³-hybridized carbons (Fsp3) is 0.643. The number of likely N-dealkylation sites (tertiary alicyclic amines) is 1. The van der Waals surface area contributed by atoms with Crippen LogP contribution in [0.1, 0.15) is 25.5 Å². The van der Waals surface area contributed by atoms with Gasteiger partial charge in [-0.25, -0.2) is 4.98 Å². The molecule has 1 fully saturated rings.